The van der Waals surface area contributed by atoms with Crippen molar-refractivity contribution in [3.8, 4) is 0 Å². The highest BCUT2D eigenvalue weighted by Gasteiger charge is 2.37. The van der Waals surface area contributed by atoms with Crippen LogP contribution in [0.3, 0.4) is 0 Å². The van der Waals surface area contributed by atoms with Gasteiger partial charge in [0.1, 0.15) is 12.2 Å². The van der Waals surface area contributed by atoms with Gasteiger partial charge in [0.05, 0.1) is 25.9 Å². The summed E-state index contributed by atoms with van der Waals surface area (Å²) in [5.41, 5.74) is 0. The van der Waals surface area contributed by atoms with Crippen LogP contribution in [-0.4, -0.2) is 87.0 Å². The van der Waals surface area contributed by atoms with Crippen LogP contribution in [0, 0.1) is 0 Å². The van der Waals surface area contributed by atoms with Gasteiger partial charge in [0.2, 0.25) is 0 Å². The fourth-order valence-electron chi connectivity index (χ4n) is 2.43. The van der Waals surface area contributed by atoms with E-state index in [4.69, 9.17) is 29.1 Å². The second-order valence-electron chi connectivity index (χ2n) is 6.75. The van der Waals surface area contributed by atoms with Gasteiger partial charge in [0.15, 0.2) is 5.85 Å². The van der Waals surface area contributed by atoms with Gasteiger partial charge in [-0.25, -0.2) is 4.57 Å². The molecule has 0 bridgehead atoms. The Morgan fingerprint density at radius 1 is 0.900 bits per heavy atom. The second-order valence-corrected chi connectivity index (χ2v) is 9.63. The zero-order valence-electron chi connectivity index (χ0n) is 17.4. The molecular formula is C16H36O12P2. The summed E-state index contributed by atoms with van der Waals surface area (Å²) in [6.45, 7) is 3.02. The van der Waals surface area contributed by atoms with Crippen LogP contribution in [-0.2, 0) is 27.9 Å². The summed E-state index contributed by atoms with van der Waals surface area (Å²) in [6.07, 6.45) is 0.0263. The maximum absolute atomic E-state index is 11.5. The predicted molar refractivity (Wildman–Crippen MR) is 107 cm³/mol. The van der Waals surface area contributed by atoms with Crippen molar-refractivity contribution in [1.29, 1.82) is 0 Å². The van der Waals surface area contributed by atoms with Crippen LogP contribution >= 0.6 is 15.4 Å². The fraction of sp³-hybridized carbons (Fsp3) is 1.00. The van der Waals surface area contributed by atoms with Crippen LogP contribution in [0.2, 0.25) is 0 Å². The Morgan fingerprint density at radius 2 is 1.57 bits per heavy atom. The predicted octanol–water partition coefficient (Wildman–Crippen LogP) is 0.730. The van der Waals surface area contributed by atoms with Crippen molar-refractivity contribution >= 4 is 15.4 Å². The highest BCUT2D eigenvalue weighted by atomic mass is 31.2. The summed E-state index contributed by atoms with van der Waals surface area (Å²) in [5, 5.41) is 18.6. The molecule has 0 aliphatic heterocycles. The van der Waals surface area contributed by atoms with E-state index in [2.05, 4.69) is 4.52 Å². The van der Waals surface area contributed by atoms with Crippen molar-refractivity contribution in [3.63, 3.8) is 0 Å². The number of phosphoric acid groups is 1. The molecule has 0 rings (SSSR count). The maximum Gasteiger partial charge on any atom is 0.469 e. The van der Waals surface area contributed by atoms with E-state index in [0.29, 0.717) is 13.0 Å². The van der Waals surface area contributed by atoms with Gasteiger partial charge in [0, 0.05) is 13.2 Å². The fourth-order valence-corrected chi connectivity index (χ4v) is 3.90. The molecule has 2 unspecified atom stereocenters. The normalized spacial score (nSPS) is 16.9. The van der Waals surface area contributed by atoms with Gasteiger partial charge >= 0.3 is 15.4 Å². The van der Waals surface area contributed by atoms with E-state index < -0.39 is 46.2 Å². The minimum absolute atomic E-state index is 0.0218. The van der Waals surface area contributed by atoms with E-state index in [1.807, 2.05) is 6.92 Å². The third-order valence-electron chi connectivity index (χ3n) is 4.03. The average molecular weight is 482 g/mol. The molecule has 14 heteroatoms. The SMILES string of the molecule is CCCCCOC[C@H](COC([C@@H](O)CO)P(=O)(O)O)OCCC(CC)OP(=O)(O)O. The van der Waals surface area contributed by atoms with Crippen molar-refractivity contribution in [1.82, 2.24) is 0 Å². The zero-order chi connectivity index (χ0) is 23.2. The lowest BCUT2D eigenvalue weighted by atomic mass is 10.2. The van der Waals surface area contributed by atoms with Gasteiger partial charge in [-0.1, -0.05) is 26.7 Å². The Hall–Kier alpha value is 0.0600. The highest BCUT2D eigenvalue weighted by Crippen LogP contribution is 2.43. The quantitative estimate of drug-likeness (QED) is 0.112. The first-order valence-electron chi connectivity index (χ1n) is 9.83. The lowest BCUT2D eigenvalue weighted by molar-refractivity contribution is -0.0949. The van der Waals surface area contributed by atoms with Crippen molar-refractivity contribution < 1.29 is 57.7 Å². The summed E-state index contributed by atoms with van der Waals surface area (Å²) in [5.74, 6) is -1.92. The number of ether oxygens (including phenoxy) is 3. The number of hydrogen-bond donors (Lipinski definition) is 6. The van der Waals surface area contributed by atoms with E-state index in [-0.39, 0.29) is 26.2 Å². The topological polar surface area (TPSA) is 192 Å². The van der Waals surface area contributed by atoms with Gasteiger partial charge < -0.3 is 44.0 Å². The first kappa shape index (κ1) is 30.1. The molecule has 0 spiro atoms. The summed E-state index contributed by atoms with van der Waals surface area (Å²) in [4.78, 5) is 36.4. The molecular weight excluding hydrogens is 446 g/mol. The number of aliphatic hydroxyl groups is 2. The monoisotopic (exact) mass is 482 g/mol. The van der Waals surface area contributed by atoms with E-state index in [1.165, 1.54) is 0 Å². The second kappa shape index (κ2) is 15.8. The van der Waals surface area contributed by atoms with Crippen LogP contribution in [0.15, 0.2) is 0 Å². The molecule has 0 aromatic rings. The lowest BCUT2D eigenvalue weighted by Crippen LogP contribution is -2.36. The van der Waals surface area contributed by atoms with Crippen molar-refractivity contribution in [2.45, 2.75) is 70.1 Å². The molecule has 12 nitrogen and oxygen atoms in total. The molecule has 4 atom stereocenters. The average Bonchev–Trinajstić information content (AvgIpc) is 2.64. The largest absolute Gasteiger partial charge is 0.469 e. The molecule has 0 saturated heterocycles. The third kappa shape index (κ3) is 15.0. The molecule has 0 radical (unpaired) electrons. The Balaban J connectivity index is 4.79. The van der Waals surface area contributed by atoms with E-state index >= 15 is 0 Å². The number of unbranched alkanes of at least 4 members (excludes halogenated alkanes) is 2. The summed E-state index contributed by atoms with van der Waals surface area (Å²) in [6, 6.07) is 0. The molecule has 0 aliphatic rings. The van der Waals surface area contributed by atoms with Crippen molar-refractivity contribution in [2.75, 3.05) is 33.0 Å². The van der Waals surface area contributed by atoms with Gasteiger partial charge in [-0.3, -0.25) is 9.09 Å². The number of phosphoric ester groups is 1. The molecule has 182 valence electrons. The zero-order valence-corrected chi connectivity index (χ0v) is 19.2. The van der Waals surface area contributed by atoms with Crippen LogP contribution in [0.4, 0.5) is 0 Å². The molecule has 0 aromatic heterocycles. The van der Waals surface area contributed by atoms with E-state index in [9.17, 15) is 24.0 Å². The van der Waals surface area contributed by atoms with Crippen molar-refractivity contribution in [2.24, 2.45) is 0 Å². The molecule has 0 aliphatic carbocycles. The Labute approximate surface area is 176 Å². The minimum Gasteiger partial charge on any atom is -0.394 e. The van der Waals surface area contributed by atoms with Gasteiger partial charge in [-0.2, -0.15) is 0 Å². The van der Waals surface area contributed by atoms with E-state index in [1.54, 1.807) is 6.92 Å². The van der Waals surface area contributed by atoms with Gasteiger partial charge in [0.25, 0.3) is 0 Å². The van der Waals surface area contributed by atoms with Gasteiger partial charge in [-0.05, 0) is 19.3 Å². The smallest absolute Gasteiger partial charge is 0.394 e. The van der Waals surface area contributed by atoms with Gasteiger partial charge in [-0.15, -0.1) is 0 Å². The standard InChI is InChI=1S/C16H36O12P2/c1-3-5-6-8-25-11-14(12-27-16(15(18)10-17)29(19,20)21)26-9-7-13(4-2)28-30(22,23)24/h13-18H,3-12H2,1-2H3,(H2,19,20,21)(H2,22,23,24)/t13?,14-,15+,16?/m1/s1. The molecule has 0 heterocycles. The van der Waals surface area contributed by atoms with Crippen molar-refractivity contribution in [3.05, 3.63) is 0 Å². The van der Waals surface area contributed by atoms with Crippen LogP contribution in [0.25, 0.3) is 0 Å². The molecule has 0 aromatic carbocycles. The Morgan fingerprint density at radius 3 is 2.07 bits per heavy atom. The number of rotatable bonds is 19. The highest BCUT2D eigenvalue weighted by molar-refractivity contribution is 7.52. The number of hydrogen-bond acceptors (Lipinski definition) is 8. The first-order valence-corrected chi connectivity index (χ1v) is 13.0. The van der Waals surface area contributed by atoms with Crippen LogP contribution < -0.4 is 0 Å². The Kier molecular flexibility index (Phi) is 15.8. The molecule has 30 heavy (non-hydrogen) atoms. The molecule has 0 saturated carbocycles. The summed E-state index contributed by atoms with van der Waals surface area (Å²) in [7, 11) is -9.48. The lowest BCUT2D eigenvalue weighted by Gasteiger charge is -2.26. The third-order valence-corrected chi connectivity index (χ3v) is 5.76. The summed E-state index contributed by atoms with van der Waals surface area (Å²) < 4.78 is 43.3. The van der Waals surface area contributed by atoms with Crippen LogP contribution in [0.1, 0.15) is 46.0 Å². The summed E-state index contributed by atoms with van der Waals surface area (Å²) >= 11 is 0. The Bertz CT molecular complexity index is 522. The first-order chi connectivity index (χ1) is 13.9. The number of aliphatic hydroxyl groups excluding tert-OH is 2. The van der Waals surface area contributed by atoms with Crippen LogP contribution in [0.5, 0.6) is 0 Å². The molecule has 0 fully saturated rings. The molecule has 0 amide bonds. The van der Waals surface area contributed by atoms with E-state index in [0.717, 1.165) is 19.3 Å². The molecule has 6 N–H and O–H groups in total. The maximum atomic E-state index is 11.5. The minimum atomic E-state index is -4.85.